The van der Waals surface area contributed by atoms with Crippen LogP contribution in [0.5, 0.6) is 0 Å². The largest absolute Gasteiger partial charge is 0.456 e. The summed E-state index contributed by atoms with van der Waals surface area (Å²) in [7, 11) is 0. The first kappa shape index (κ1) is 17.9. The third kappa shape index (κ3) is 3.52. The predicted octanol–water partition coefficient (Wildman–Crippen LogP) is 4.40. The SMILES string of the molecule is O=C(OCc1cccc(Cl)c1)c1nn(-c2ccccc2)c(=O)c2ccccc12. The average molecular weight is 391 g/mol. The highest BCUT2D eigenvalue weighted by Gasteiger charge is 2.18. The number of fused-ring (bicyclic) bond motifs is 1. The standard InChI is InChI=1S/C22H15ClN2O3/c23-16-8-6-7-15(13-16)14-28-22(27)20-18-11-4-5-12-19(18)21(26)25(24-20)17-9-2-1-3-10-17/h1-13H,14H2. The molecule has 0 bridgehead atoms. The van der Waals surface area contributed by atoms with E-state index >= 15 is 0 Å². The van der Waals surface area contributed by atoms with Gasteiger partial charge >= 0.3 is 5.97 Å². The van der Waals surface area contributed by atoms with Gasteiger partial charge in [-0.15, -0.1) is 0 Å². The van der Waals surface area contributed by atoms with Gasteiger partial charge in [-0.25, -0.2) is 4.79 Å². The maximum absolute atomic E-state index is 12.9. The van der Waals surface area contributed by atoms with Crippen molar-refractivity contribution in [3.63, 3.8) is 0 Å². The topological polar surface area (TPSA) is 61.2 Å². The normalized spacial score (nSPS) is 10.8. The molecule has 138 valence electrons. The van der Waals surface area contributed by atoms with Gasteiger partial charge in [0.2, 0.25) is 0 Å². The first-order chi connectivity index (χ1) is 13.6. The van der Waals surface area contributed by atoms with E-state index < -0.39 is 5.97 Å². The second-order valence-corrected chi connectivity index (χ2v) is 6.59. The molecule has 0 atom stereocenters. The molecule has 0 spiro atoms. The summed E-state index contributed by atoms with van der Waals surface area (Å²) in [4.78, 5) is 25.6. The molecule has 1 heterocycles. The number of para-hydroxylation sites is 1. The summed E-state index contributed by atoms with van der Waals surface area (Å²) in [6.07, 6.45) is 0. The lowest BCUT2D eigenvalue weighted by atomic mass is 10.1. The van der Waals surface area contributed by atoms with Crippen LogP contribution in [0.3, 0.4) is 0 Å². The van der Waals surface area contributed by atoms with Crippen LogP contribution in [0, 0.1) is 0 Å². The highest BCUT2D eigenvalue weighted by molar-refractivity contribution is 6.30. The Bertz CT molecular complexity index is 1220. The number of hydrogen-bond acceptors (Lipinski definition) is 4. The monoisotopic (exact) mass is 390 g/mol. The minimum atomic E-state index is -0.610. The zero-order chi connectivity index (χ0) is 19.5. The lowest BCUT2D eigenvalue weighted by molar-refractivity contribution is 0.0466. The molecule has 3 aromatic carbocycles. The minimum Gasteiger partial charge on any atom is -0.456 e. The smallest absolute Gasteiger partial charge is 0.359 e. The molecule has 0 unspecified atom stereocenters. The molecule has 0 aliphatic rings. The third-order valence-electron chi connectivity index (χ3n) is 4.26. The van der Waals surface area contributed by atoms with Crippen molar-refractivity contribution in [1.29, 1.82) is 0 Å². The number of rotatable bonds is 4. The van der Waals surface area contributed by atoms with E-state index in [-0.39, 0.29) is 17.9 Å². The Labute approximate surface area is 165 Å². The van der Waals surface area contributed by atoms with Crippen LogP contribution in [-0.4, -0.2) is 15.7 Å². The van der Waals surface area contributed by atoms with E-state index in [9.17, 15) is 9.59 Å². The van der Waals surface area contributed by atoms with Crippen LogP contribution in [0.2, 0.25) is 5.02 Å². The lowest BCUT2D eigenvalue weighted by Gasteiger charge is -2.11. The first-order valence-corrected chi connectivity index (χ1v) is 9.00. The summed E-state index contributed by atoms with van der Waals surface area (Å²) in [6, 6.07) is 22.9. The molecule has 28 heavy (non-hydrogen) atoms. The van der Waals surface area contributed by atoms with Crippen LogP contribution in [-0.2, 0) is 11.3 Å². The maximum Gasteiger partial charge on any atom is 0.359 e. The molecule has 0 fully saturated rings. The number of carbonyl (C=O) groups is 1. The molecule has 0 aliphatic heterocycles. The second-order valence-electron chi connectivity index (χ2n) is 6.15. The van der Waals surface area contributed by atoms with Crippen molar-refractivity contribution in [1.82, 2.24) is 9.78 Å². The minimum absolute atomic E-state index is 0.0554. The van der Waals surface area contributed by atoms with Crippen LogP contribution in [0.15, 0.2) is 83.7 Å². The van der Waals surface area contributed by atoms with Gasteiger partial charge in [-0.2, -0.15) is 9.78 Å². The van der Waals surface area contributed by atoms with Crippen molar-refractivity contribution in [3.05, 3.63) is 105 Å². The molecule has 5 nitrogen and oxygen atoms in total. The Kier molecular flexibility index (Phi) is 4.91. The van der Waals surface area contributed by atoms with Crippen LogP contribution >= 0.6 is 11.6 Å². The summed E-state index contributed by atoms with van der Waals surface area (Å²) >= 11 is 5.97. The maximum atomic E-state index is 12.9. The van der Waals surface area contributed by atoms with E-state index in [1.807, 2.05) is 12.1 Å². The average Bonchev–Trinajstić information content (AvgIpc) is 2.73. The summed E-state index contributed by atoms with van der Waals surface area (Å²) in [5.41, 5.74) is 1.12. The number of halogens is 1. The Morgan fingerprint density at radius 3 is 2.39 bits per heavy atom. The number of esters is 1. The Balaban J connectivity index is 1.76. The van der Waals surface area contributed by atoms with Crippen LogP contribution in [0.4, 0.5) is 0 Å². The van der Waals surface area contributed by atoms with Crippen molar-refractivity contribution < 1.29 is 9.53 Å². The van der Waals surface area contributed by atoms with Crippen molar-refractivity contribution >= 4 is 28.3 Å². The van der Waals surface area contributed by atoms with Crippen molar-refractivity contribution in [2.75, 3.05) is 0 Å². The molecular formula is C22H15ClN2O3. The van der Waals surface area contributed by atoms with E-state index in [0.717, 1.165) is 5.56 Å². The van der Waals surface area contributed by atoms with Crippen molar-refractivity contribution in [3.8, 4) is 5.69 Å². The van der Waals surface area contributed by atoms with Gasteiger partial charge in [0, 0.05) is 10.4 Å². The van der Waals surface area contributed by atoms with Gasteiger partial charge < -0.3 is 4.74 Å². The molecule has 0 saturated carbocycles. The molecule has 0 amide bonds. The number of nitrogens with zero attached hydrogens (tertiary/aromatic N) is 2. The van der Waals surface area contributed by atoms with Gasteiger partial charge in [0.05, 0.1) is 11.1 Å². The van der Waals surface area contributed by atoms with Gasteiger partial charge in [0.15, 0.2) is 5.69 Å². The van der Waals surface area contributed by atoms with E-state index in [2.05, 4.69) is 5.10 Å². The summed E-state index contributed by atoms with van der Waals surface area (Å²) in [5, 5.41) is 5.72. The third-order valence-corrected chi connectivity index (χ3v) is 4.49. The quantitative estimate of drug-likeness (QED) is 0.485. The number of benzene rings is 3. The Hall–Kier alpha value is -3.44. The lowest BCUT2D eigenvalue weighted by Crippen LogP contribution is -2.25. The van der Waals surface area contributed by atoms with Gasteiger partial charge in [-0.1, -0.05) is 60.1 Å². The number of aromatic nitrogens is 2. The molecule has 0 radical (unpaired) electrons. The fourth-order valence-corrected chi connectivity index (χ4v) is 3.14. The fraction of sp³-hybridized carbons (Fsp3) is 0.0455. The fourth-order valence-electron chi connectivity index (χ4n) is 2.93. The Morgan fingerprint density at radius 1 is 0.929 bits per heavy atom. The molecule has 1 aromatic heterocycles. The Morgan fingerprint density at radius 2 is 1.64 bits per heavy atom. The van der Waals surface area contributed by atoms with Crippen LogP contribution in [0.25, 0.3) is 16.5 Å². The number of carbonyl (C=O) groups excluding carboxylic acids is 1. The highest BCUT2D eigenvalue weighted by atomic mass is 35.5. The van der Waals surface area contributed by atoms with Gasteiger partial charge in [0.25, 0.3) is 5.56 Å². The van der Waals surface area contributed by atoms with Gasteiger partial charge in [0.1, 0.15) is 6.61 Å². The van der Waals surface area contributed by atoms with Gasteiger partial charge in [-0.3, -0.25) is 4.79 Å². The van der Waals surface area contributed by atoms with Gasteiger partial charge in [-0.05, 0) is 35.9 Å². The molecule has 4 rings (SSSR count). The zero-order valence-corrected chi connectivity index (χ0v) is 15.5. The molecular weight excluding hydrogens is 376 g/mol. The summed E-state index contributed by atoms with van der Waals surface area (Å²) in [6.45, 7) is 0.0554. The summed E-state index contributed by atoms with van der Waals surface area (Å²) < 4.78 is 6.65. The zero-order valence-electron chi connectivity index (χ0n) is 14.7. The van der Waals surface area contributed by atoms with Crippen molar-refractivity contribution in [2.45, 2.75) is 6.61 Å². The van der Waals surface area contributed by atoms with E-state index in [1.54, 1.807) is 66.7 Å². The summed E-state index contributed by atoms with van der Waals surface area (Å²) in [5.74, 6) is -0.610. The van der Waals surface area contributed by atoms with Crippen LogP contribution < -0.4 is 5.56 Å². The molecule has 0 N–H and O–H groups in total. The van der Waals surface area contributed by atoms with E-state index in [4.69, 9.17) is 16.3 Å². The number of hydrogen-bond donors (Lipinski definition) is 0. The van der Waals surface area contributed by atoms with Crippen molar-refractivity contribution in [2.24, 2.45) is 0 Å². The second kappa shape index (κ2) is 7.66. The number of ether oxygens (including phenoxy) is 1. The van der Waals surface area contributed by atoms with Crippen LogP contribution in [0.1, 0.15) is 16.1 Å². The highest BCUT2D eigenvalue weighted by Crippen LogP contribution is 2.17. The molecule has 0 saturated heterocycles. The predicted molar refractivity (Wildman–Crippen MR) is 108 cm³/mol. The first-order valence-electron chi connectivity index (χ1n) is 8.62. The molecule has 6 heteroatoms. The molecule has 4 aromatic rings. The molecule has 0 aliphatic carbocycles. The van der Waals surface area contributed by atoms with E-state index in [0.29, 0.717) is 21.5 Å². The van der Waals surface area contributed by atoms with E-state index in [1.165, 1.54) is 4.68 Å².